The van der Waals surface area contributed by atoms with E-state index in [-0.39, 0.29) is 76.6 Å². The monoisotopic (exact) mass is 1130 g/mol. The molecule has 466 valence electrons. The molecule has 1 fully saturated rings. The Morgan fingerprint density at radius 2 is 0.550 bits per heavy atom. The second kappa shape index (κ2) is 57.8. The predicted octanol–water partition coefficient (Wildman–Crippen LogP) is 17.6. The second-order valence-corrected chi connectivity index (χ2v) is 23.7. The number of rotatable bonds is 59. The molecule has 0 atom stereocenters. The van der Waals surface area contributed by atoms with Gasteiger partial charge in [-0.3, -0.25) is 24.1 Å². The Morgan fingerprint density at radius 1 is 0.325 bits per heavy atom. The van der Waals surface area contributed by atoms with Gasteiger partial charge in [0, 0.05) is 58.4 Å². The quantitative estimate of drug-likeness (QED) is 0.0270. The fourth-order valence-electron chi connectivity index (χ4n) is 10.3. The van der Waals surface area contributed by atoms with Gasteiger partial charge in [-0.2, -0.15) is 0 Å². The molecule has 80 heavy (non-hydrogen) atoms. The first-order chi connectivity index (χ1) is 39.3. The number of β-amino-alcohol motifs (C(OH)–C–C–N with tert-alkyl or cyclic N) is 1. The number of carbonyl (C=O) groups excluding carboxylic acids is 4. The van der Waals surface area contributed by atoms with Crippen LogP contribution in [0.25, 0.3) is 0 Å². The number of aliphatic hydroxyl groups is 1. The minimum Gasteiger partial charge on any atom is -0.465 e. The second-order valence-electron chi connectivity index (χ2n) is 23.7. The zero-order valence-corrected chi connectivity index (χ0v) is 52.5. The molecule has 0 aromatic heterocycles. The highest BCUT2D eigenvalue weighted by molar-refractivity contribution is 5.71. The van der Waals surface area contributed by atoms with E-state index in [0.717, 1.165) is 129 Å². The van der Waals surface area contributed by atoms with Gasteiger partial charge in [0.05, 0.1) is 6.61 Å². The Hall–Kier alpha value is -3.02. The molecule has 1 aliphatic heterocycles. The molecule has 0 spiro atoms. The van der Waals surface area contributed by atoms with Crippen molar-refractivity contribution in [3.05, 3.63) is 36.5 Å². The van der Waals surface area contributed by atoms with Gasteiger partial charge in [0.15, 0.2) is 0 Å². The summed E-state index contributed by atoms with van der Waals surface area (Å²) in [5, 5.41) is 9.33. The van der Waals surface area contributed by atoms with E-state index >= 15 is 0 Å². The molecular weight excluding hydrogens is 1000 g/mol. The number of aliphatic hydroxyl groups excluding tert-OH is 1. The lowest BCUT2D eigenvalue weighted by Crippen LogP contribution is -2.47. The highest BCUT2D eigenvalue weighted by Gasteiger charge is 2.38. The van der Waals surface area contributed by atoms with E-state index in [1.807, 2.05) is 0 Å². The minimum atomic E-state index is -1.26. The molecule has 1 N–H and O–H groups in total. The third-order valence-corrected chi connectivity index (χ3v) is 15.8. The van der Waals surface area contributed by atoms with Crippen LogP contribution < -0.4 is 0 Å². The molecule has 1 heterocycles. The van der Waals surface area contributed by atoms with Gasteiger partial charge in [0.1, 0.15) is 31.8 Å². The molecule has 0 saturated carbocycles. The number of unbranched alkanes of at least 4 members (excludes halogenated alkanes) is 33. The van der Waals surface area contributed by atoms with Gasteiger partial charge >= 0.3 is 23.9 Å². The fourth-order valence-corrected chi connectivity index (χ4v) is 10.3. The average Bonchev–Trinajstić information content (AvgIpc) is 3.46. The molecule has 0 aromatic carbocycles. The Kier molecular flexibility index (Phi) is 54.2. The van der Waals surface area contributed by atoms with Crippen LogP contribution in [-0.4, -0.2) is 111 Å². The first-order valence-corrected chi connectivity index (χ1v) is 33.9. The number of carbonyl (C=O) groups is 4. The average molecular weight is 1130 g/mol. The molecule has 0 unspecified atom stereocenters. The minimum absolute atomic E-state index is 0.151. The smallest absolute Gasteiger partial charge is 0.305 e. The number of piperazine rings is 1. The molecule has 1 aliphatic rings. The fraction of sp³-hybridized carbons (Fsp3) is 0.855. The summed E-state index contributed by atoms with van der Waals surface area (Å²) in [5.74, 6) is -1.49. The molecule has 0 aliphatic carbocycles. The lowest BCUT2D eigenvalue weighted by atomic mass is 9.92. The van der Waals surface area contributed by atoms with E-state index in [0.29, 0.717) is 32.2 Å². The molecule has 11 nitrogen and oxygen atoms in total. The number of hydrogen-bond donors (Lipinski definition) is 1. The SMILES string of the molecule is CCCCCCCC/C=C\CCCCCCCC(=O)OCC(COC(=O)CCCCCCC/C=C\CCCCCCCC)(COC(=O)CCCCCCC/C=C\CCCCCCCC)COC(=O)CCCN1CCN(CCO)CC1. The van der Waals surface area contributed by atoms with Crippen LogP contribution in [0, 0.1) is 5.41 Å². The van der Waals surface area contributed by atoms with Gasteiger partial charge < -0.3 is 29.0 Å². The van der Waals surface area contributed by atoms with Crippen molar-refractivity contribution >= 4 is 23.9 Å². The zero-order chi connectivity index (χ0) is 57.9. The molecule has 1 saturated heterocycles. The van der Waals surface area contributed by atoms with E-state index in [1.165, 1.54) is 135 Å². The van der Waals surface area contributed by atoms with Crippen molar-refractivity contribution < 1.29 is 43.2 Å². The normalized spacial score (nSPS) is 13.6. The first-order valence-electron chi connectivity index (χ1n) is 33.9. The predicted molar refractivity (Wildman–Crippen MR) is 334 cm³/mol. The summed E-state index contributed by atoms with van der Waals surface area (Å²) in [7, 11) is 0. The molecule has 0 radical (unpaired) electrons. The van der Waals surface area contributed by atoms with Crippen molar-refractivity contribution in [2.75, 3.05) is 72.3 Å². The maximum atomic E-state index is 13.4. The molecular formula is C69H126N2O9. The summed E-state index contributed by atoms with van der Waals surface area (Å²) < 4.78 is 23.7. The topological polar surface area (TPSA) is 132 Å². The number of hydrogen-bond acceptors (Lipinski definition) is 11. The van der Waals surface area contributed by atoms with Crippen molar-refractivity contribution in [2.24, 2.45) is 5.41 Å². The van der Waals surface area contributed by atoms with E-state index in [2.05, 4.69) is 67.0 Å². The largest absolute Gasteiger partial charge is 0.465 e. The Bertz CT molecular complexity index is 1370. The number of esters is 4. The van der Waals surface area contributed by atoms with Crippen LogP contribution in [0.15, 0.2) is 36.5 Å². The summed E-state index contributed by atoms with van der Waals surface area (Å²) in [4.78, 5) is 58.0. The summed E-state index contributed by atoms with van der Waals surface area (Å²) >= 11 is 0. The number of allylic oxidation sites excluding steroid dienone is 6. The van der Waals surface area contributed by atoms with Crippen LogP contribution in [0.3, 0.4) is 0 Å². The van der Waals surface area contributed by atoms with Crippen molar-refractivity contribution in [1.29, 1.82) is 0 Å². The number of ether oxygens (including phenoxy) is 4. The summed E-state index contributed by atoms with van der Waals surface area (Å²) in [6.45, 7) is 11.1. The molecule has 1 rings (SSSR count). The third-order valence-electron chi connectivity index (χ3n) is 15.8. The standard InChI is InChI=1S/C69H126N2O9/c1-4-7-10-13-16-19-22-25-28-31-34-37-40-43-46-50-65(73)77-61-69(64-80-68(76)53-49-54-70-55-57-71(58-56-70)59-60-72,62-78-66(74)51-47-44-41-38-35-32-29-26-23-20-17-14-11-8-5-2)63-79-67(75)52-48-45-42-39-36-33-30-27-24-21-18-15-12-9-6-3/h25-30,72H,4-24,31-64H2,1-3H3/b28-25-,29-26-,30-27-. The van der Waals surface area contributed by atoms with Crippen molar-refractivity contribution in [2.45, 2.75) is 303 Å². The maximum absolute atomic E-state index is 13.4. The Balaban J connectivity index is 2.84. The Morgan fingerprint density at radius 3 is 0.812 bits per heavy atom. The summed E-state index contributed by atoms with van der Waals surface area (Å²) in [6.07, 6.45) is 61.1. The van der Waals surface area contributed by atoms with Crippen LogP contribution in [0.2, 0.25) is 0 Å². The van der Waals surface area contributed by atoms with Crippen molar-refractivity contribution in [3.63, 3.8) is 0 Å². The van der Waals surface area contributed by atoms with E-state index in [9.17, 15) is 24.3 Å². The van der Waals surface area contributed by atoms with Crippen LogP contribution in [0.5, 0.6) is 0 Å². The van der Waals surface area contributed by atoms with E-state index < -0.39 is 11.4 Å². The lowest BCUT2D eigenvalue weighted by molar-refractivity contribution is -0.170. The van der Waals surface area contributed by atoms with Gasteiger partial charge in [-0.25, -0.2) is 0 Å². The van der Waals surface area contributed by atoms with Gasteiger partial charge in [-0.15, -0.1) is 0 Å². The third kappa shape index (κ3) is 49.6. The summed E-state index contributed by atoms with van der Waals surface area (Å²) in [5.41, 5.74) is -1.26. The highest BCUT2D eigenvalue weighted by atomic mass is 16.6. The summed E-state index contributed by atoms with van der Waals surface area (Å²) in [6, 6.07) is 0. The molecule has 11 heteroatoms. The molecule has 0 aromatic rings. The maximum Gasteiger partial charge on any atom is 0.305 e. The van der Waals surface area contributed by atoms with E-state index in [1.54, 1.807) is 0 Å². The van der Waals surface area contributed by atoms with Crippen LogP contribution in [-0.2, 0) is 38.1 Å². The van der Waals surface area contributed by atoms with E-state index in [4.69, 9.17) is 18.9 Å². The van der Waals surface area contributed by atoms with Crippen molar-refractivity contribution in [1.82, 2.24) is 9.80 Å². The lowest BCUT2D eigenvalue weighted by Gasteiger charge is -2.34. The van der Waals surface area contributed by atoms with Crippen LogP contribution in [0.4, 0.5) is 0 Å². The first kappa shape index (κ1) is 75.0. The Labute approximate surface area is 492 Å². The molecule has 0 bridgehead atoms. The highest BCUT2D eigenvalue weighted by Crippen LogP contribution is 2.24. The zero-order valence-electron chi connectivity index (χ0n) is 52.5. The van der Waals surface area contributed by atoms with Crippen LogP contribution >= 0.6 is 0 Å². The number of nitrogens with zero attached hydrogens (tertiary/aromatic N) is 2. The van der Waals surface area contributed by atoms with Crippen molar-refractivity contribution in [3.8, 4) is 0 Å². The van der Waals surface area contributed by atoms with Gasteiger partial charge in [0.25, 0.3) is 0 Å². The van der Waals surface area contributed by atoms with Gasteiger partial charge in [-0.1, -0.05) is 211 Å². The molecule has 0 amide bonds. The van der Waals surface area contributed by atoms with Crippen LogP contribution in [0.1, 0.15) is 303 Å². The van der Waals surface area contributed by atoms with Gasteiger partial charge in [0.2, 0.25) is 0 Å². The van der Waals surface area contributed by atoms with Gasteiger partial charge in [-0.05, 0) is 109 Å².